The van der Waals surface area contributed by atoms with Crippen molar-refractivity contribution < 1.29 is 13.5 Å². The molecule has 0 fully saturated rings. The summed E-state index contributed by atoms with van der Waals surface area (Å²) in [6, 6.07) is 3.44. The molecule has 102 valence electrons. The lowest BCUT2D eigenvalue weighted by atomic mass is 10.2. The average Bonchev–Trinajstić information content (AvgIpc) is 2.29. The highest BCUT2D eigenvalue weighted by molar-refractivity contribution is 7.89. The van der Waals surface area contributed by atoms with Crippen LogP contribution >= 0.6 is 23.2 Å². The van der Waals surface area contributed by atoms with Gasteiger partial charge in [-0.3, -0.25) is 0 Å². The quantitative estimate of drug-likeness (QED) is 0.755. The first kappa shape index (κ1) is 15.7. The minimum atomic E-state index is -3.80. The van der Waals surface area contributed by atoms with Gasteiger partial charge in [-0.15, -0.1) is 0 Å². The van der Waals surface area contributed by atoms with Gasteiger partial charge in [0.15, 0.2) is 0 Å². The van der Waals surface area contributed by atoms with Crippen molar-refractivity contribution in [2.24, 2.45) is 5.73 Å². The van der Waals surface area contributed by atoms with Crippen molar-refractivity contribution in [1.29, 1.82) is 0 Å². The van der Waals surface area contributed by atoms with Crippen LogP contribution < -0.4 is 10.5 Å². The number of rotatable bonds is 5. The standard InChI is InChI=1S/C10H14Cl2N2O3S/c1-6(15)9(13)5-14-18(16,17)10-4-7(11)2-3-8(10)12/h2-4,6,9,14-15H,5,13H2,1H3. The van der Waals surface area contributed by atoms with Gasteiger partial charge < -0.3 is 10.8 Å². The van der Waals surface area contributed by atoms with Crippen molar-refractivity contribution in [3.05, 3.63) is 28.2 Å². The van der Waals surface area contributed by atoms with E-state index in [0.717, 1.165) is 0 Å². The molecule has 8 heteroatoms. The van der Waals surface area contributed by atoms with Gasteiger partial charge in [0.2, 0.25) is 10.0 Å². The fraction of sp³-hybridized carbons (Fsp3) is 0.400. The monoisotopic (exact) mass is 312 g/mol. The van der Waals surface area contributed by atoms with E-state index in [4.69, 9.17) is 28.9 Å². The van der Waals surface area contributed by atoms with Crippen molar-refractivity contribution in [2.45, 2.75) is 24.0 Å². The number of benzene rings is 1. The summed E-state index contributed by atoms with van der Waals surface area (Å²) >= 11 is 11.5. The van der Waals surface area contributed by atoms with Crippen LogP contribution in [-0.4, -0.2) is 32.2 Å². The Morgan fingerprint density at radius 3 is 2.61 bits per heavy atom. The third-order valence-electron chi connectivity index (χ3n) is 2.31. The fourth-order valence-electron chi connectivity index (χ4n) is 1.14. The Kier molecular flexibility index (Phi) is 5.39. The summed E-state index contributed by atoms with van der Waals surface area (Å²) in [5, 5.41) is 9.51. The predicted octanol–water partition coefficient (Wildman–Crippen LogP) is 0.980. The van der Waals surface area contributed by atoms with Crippen molar-refractivity contribution in [1.82, 2.24) is 4.72 Å². The molecule has 1 aromatic rings. The van der Waals surface area contributed by atoms with Crippen molar-refractivity contribution in [3.63, 3.8) is 0 Å². The van der Waals surface area contributed by atoms with Crippen LogP contribution in [0.1, 0.15) is 6.92 Å². The van der Waals surface area contributed by atoms with Gasteiger partial charge in [0.05, 0.1) is 11.1 Å². The van der Waals surface area contributed by atoms with Crippen LogP contribution in [0, 0.1) is 0 Å². The van der Waals surface area contributed by atoms with E-state index in [9.17, 15) is 13.5 Å². The highest BCUT2D eigenvalue weighted by atomic mass is 35.5. The van der Waals surface area contributed by atoms with Gasteiger partial charge in [0.1, 0.15) is 4.90 Å². The van der Waals surface area contributed by atoms with Gasteiger partial charge in [-0.25, -0.2) is 13.1 Å². The normalized spacial score (nSPS) is 15.4. The minimum absolute atomic E-state index is 0.0671. The summed E-state index contributed by atoms with van der Waals surface area (Å²) in [5.74, 6) is 0. The molecule has 2 unspecified atom stereocenters. The number of sulfonamides is 1. The van der Waals surface area contributed by atoms with Crippen LogP contribution in [0.5, 0.6) is 0 Å². The molecule has 0 aliphatic heterocycles. The molecule has 4 N–H and O–H groups in total. The second-order valence-electron chi connectivity index (χ2n) is 3.83. The summed E-state index contributed by atoms with van der Waals surface area (Å²) in [4.78, 5) is -0.116. The summed E-state index contributed by atoms with van der Waals surface area (Å²) in [6.07, 6.45) is -0.817. The molecule has 1 rings (SSSR count). The van der Waals surface area contributed by atoms with Crippen LogP contribution in [0.2, 0.25) is 10.0 Å². The second kappa shape index (κ2) is 6.18. The topological polar surface area (TPSA) is 92.4 Å². The Morgan fingerprint density at radius 2 is 2.06 bits per heavy atom. The Morgan fingerprint density at radius 1 is 1.44 bits per heavy atom. The van der Waals surface area contributed by atoms with Gasteiger partial charge in [0.25, 0.3) is 0 Å². The molecule has 0 saturated heterocycles. The third kappa shape index (κ3) is 4.08. The van der Waals surface area contributed by atoms with Gasteiger partial charge in [-0.2, -0.15) is 0 Å². The molecule has 0 bridgehead atoms. The number of halogens is 2. The van der Waals surface area contributed by atoms with Crippen LogP contribution in [0.3, 0.4) is 0 Å². The average molecular weight is 313 g/mol. The molecule has 0 aliphatic rings. The molecule has 0 amide bonds. The lowest BCUT2D eigenvalue weighted by Crippen LogP contribution is -2.43. The largest absolute Gasteiger partial charge is 0.392 e. The van der Waals surface area contributed by atoms with Crippen molar-refractivity contribution in [2.75, 3.05) is 6.54 Å². The summed E-state index contributed by atoms with van der Waals surface area (Å²) in [6.45, 7) is 1.38. The zero-order valence-electron chi connectivity index (χ0n) is 9.60. The van der Waals surface area contributed by atoms with Gasteiger partial charge in [-0.1, -0.05) is 23.2 Å². The summed E-state index contributed by atoms with van der Waals surface area (Å²) < 4.78 is 26.2. The van der Waals surface area contributed by atoms with E-state index in [1.807, 2.05) is 0 Å². The van der Waals surface area contributed by atoms with Gasteiger partial charge >= 0.3 is 0 Å². The Hall–Kier alpha value is -0.370. The first-order valence-corrected chi connectivity index (χ1v) is 7.36. The second-order valence-corrected chi connectivity index (χ2v) is 6.41. The smallest absolute Gasteiger partial charge is 0.242 e. The minimum Gasteiger partial charge on any atom is -0.392 e. The maximum atomic E-state index is 11.9. The maximum Gasteiger partial charge on any atom is 0.242 e. The number of hydrogen-bond acceptors (Lipinski definition) is 4. The molecule has 0 spiro atoms. The maximum absolute atomic E-state index is 11.9. The van der Waals surface area contributed by atoms with E-state index in [1.165, 1.54) is 25.1 Å². The molecule has 0 aromatic heterocycles. The van der Waals surface area contributed by atoms with Gasteiger partial charge in [-0.05, 0) is 25.1 Å². The molecule has 2 atom stereocenters. The SMILES string of the molecule is CC(O)C(N)CNS(=O)(=O)c1cc(Cl)ccc1Cl. The number of nitrogens with one attached hydrogen (secondary N) is 1. The number of nitrogens with two attached hydrogens (primary N) is 1. The van der Waals surface area contributed by atoms with Crippen LogP contribution in [0.15, 0.2) is 23.1 Å². The molecule has 0 radical (unpaired) electrons. The zero-order chi connectivity index (χ0) is 13.9. The lowest BCUT2D eigenvalue weighted by molar-refractivity contribution is 0.164. The first-order valence-electron chi connectivity index (χ1n) is 5.12. The molecule has 0 aliphatic carbocycles. The number of hydrogen-bond donors (Lipinski definition) is 3. The molecular weight excluding hydrogens is 299 g/mol. The molecule has 18 heavy (non-hydrogen) atoms. The van der Waals surface area contributed by atoms with Crippen LogP contribution in [0.25, 0.3) is 0 Å². The number of aliphatic hydroxyl groups is 1. The van der Waals surface area contributed by atoms with E-state index >= 15 is 0 Å². The van der Waals surface area contributed by atoms with Crippen LogP contribution in [-0.2, 0) is 10.0 Å². The fourth-order valence-corrected chi connectivity index (χ4v) is 2.97. The number of aliphatic hydroxyl groups excluding tert-OH is 1. The zero-order valence-corrected chi connectivity index (χ0v) is 11.9. The highest BCUT2D eigenvalue weighted by Crippen LogP contribution is 2.24. The molecule has 0 heterocycles. The third-order valence-corrected chi connectivity index (χ3v) is 4.45. The van der Waals surface area contributed by atoms with Crippen molar-refractivity contribution in [3.8, 4) is 0 Å². The molecule has 0 saturated carbocycles. The summed E-state index contributed by atoms with van der Waals surface area (Å²) in [5.41, 5.74) is 5.53. The first-order chi connectivity index (χ1) is 8.24. The van der Waals surface area contributed by atoms with Gasteiger partial charge in [0, 0.05) is 17.6 Å². The van der Waals surface area contributed by atoms with E-state index in [-0.39, 0.29) is 21.5 Å². The van der Waals surface area contributed by atoms with E-state index in [2.05, 4.69) is 4.72 Å². The molecular formula is C10H14Cl2N2O3S. The Bertz CT molecular complexity index is 520. The Labute approximate surface area is 116 Å². The Balaban J connectivity index is 2.90. The van der Waals surface area contributed by atoms with Crippen LogP contribution in [0.4, 0.5) is 0 Å². The van der Waals surface area contributed by atoms with E-state index in [0.29, 0.717) is 0 Å². The summed E-state index contributed by atoms with van der Waals surface area (Å²) in [7, 11) is -3.80. The predicted molar refractivity (Wildman–Crippen MR) is 71.3 cm³/mol. The lowest BCUT2D eigenvalue weighted by Gasteiger charge is -2.16. The molecule has 5 nitrogen and oxygen atoms in total. The highest BCUT2D eigenvalue weighted by Gasteiger charge is 2.20. The van der Waals surface area contributed by atoms with E-state index in [1.54, 1.807) is 0 Å². The van der Waals surface area contributed by atoms with E-state index < -0.39 is 22.2 Å². The molecule has 1 aromatic carbocycles. The van der Waals surface area contributed by atoms with Crippen molar-refractivity contribution >= 4 is 33.2 Å².